The Hall–Kier alpha value is -1.77. The first-order valence-electron chi connectivity index (χ1n) is 9.63. The number of rotatable bonds is 7. The lowest BCUT2D eigenvalue weighted by atomic mass is 9.87. The van der Waals surface area contributed by atoms with Crippen LogP contribution < -0.4 is 10.1 Å². The lowest BCUT2D eigenvalue weighted by Crippen LogP contribution is -2.38. The van der Waals surface area contributed by atoms with Crippen molar-refractivity contribution < 1.29 is 9.53 Å². The Kier molecular flexibility index (Phi) is 7.10. The summed E-state index contributed by atoms with van der Waals surface area (Å²) in [6.45, 7) is 9.25. The second kappa shape index (κ2) is 9.07. The van der Waals surface area contributed by atoms with Gasteiger partial charge in [0.25, 0.3) is 5.91 Å². The Morgan fingerprint density at radius 2 is 1.92 bits per heavy atom. The third-order valence-electron chi connectivity index (χ3n) is 4.79. The van der Waals surface area contributed by atoms with E-state index in [1.165, 1.54) is 36.8 Å². The summed E-state index contributed by atoms with van der Waals surface area (Å²) in [6.07, 6.45) is 8.48. The van der Waals surface area contributed by atoms with E-state index in [1.807, 2.05) is 19.1 Å². The van der Waals surface area contributed by atoms with E-state index in [-0.39, 0.29) is 11.3 Å². The van der Waals surface area contributed by atoms with Crippen LogP contribution in [-0.4, -0.2) is 18.6 Å². The molecule has 25 heavy (non-hydrogen) atoms. The van der Waals surface area contributed by atoms with Crippen LogP contribution in [0, 0.1) is 0 Å². The topological polar surface area (TPSA) is 38.3 Å². The van der Waals surface area contributed by atoms with Crippen LogP contribution in [0.5, 0.6) is 5.75 Å². The van der Waals surface area contributed by atoms with Crippen molar-refractivity contribution in [3.63, 3.8) is 0 Å². The van der Waals surface area contributed by atoms with Gasteiger partial charge in [-0.25, -0.2) is 0 Å². The van der Waals surface area contributed by atoms with Gasteiger partial charge in [0.15, 0.2) is 6.10 Å². The van der Waals surface area contributed by atoms with Crippen LogP contribution in [0.1, 0.15) is 71.8 Å². The van der Waals surface area contributed by atoms with Crippen LogP contribution in [-0.2, 0) is 10.2 Å². The number of carbonyl (C=O) groups is 1. The second-order valence-corrected chi connectivity index (χ2v) is 7.94. The monoisotopic (exact) mass is 343 g/mol. The lowest BCUT2D eigenvalue weighted by molar-refractivity contribution is -0.128. The zero-order chi connectivity index (χ0) is 18.3. The summed E-state index contributed by atoms with van der Waals surface area (Å²) in [4.78, 5) is 12.4. The smallest absolute Gasteiger partial charge is 0.261 e. The Balaban J connectivity index is 1.83. The fraction of sp³-hybridized carbons (Fsp3) is 0.591. The summed E-state index contributed by atoms with van der Waals surface area (Å²) in [5.74, 6) is 0.740. The maximum absolute atomic E-state index is 12.4. The molecule has 0 spiro atoms. The zero-order valence-electron chi connectivity index (χ0n) is 16.2. The predicted molar refractivity (Wildman–Crippen MR) is 104 cm³/mol. The summed E-state index contributed by atoms with van der Waals surface area (Å²) in [6, 6.07) is 8.08. The third-order valence-corrected chi connectivity index (χ3v) is 4.79. The van der Waals surface area contributed by atoms with Crippen molar-refractivity contribution in [2.45, 2.75) is 77.7 Å². The van der Waals surface area contributed by atoms with Gasteiger partial charge in [-0.05, 0) is 61.6 Å². The molecule has 1 aliphatic rings. The molecule has 1 aromatic carbocycles. The molecule has 1 aliphatic carbocycles. The molecule has 0 unspecified atom stereocenters. The Morgan fingerprint density at radius 1 is 1.20 bits per heavy atom. The van der Waals surface area contributed by atoms with E-state index >= 15 is 0 Å². The number of allylic oxidation sites excluding steroid dienone is 1. The van der Waals surface area contributed by atoms with Gasteiger partial charge in [0.05, 0.1) is 0 Å². The van der Waals surface area contributed by atoms with Crippen LogP contribution in [0.2, 0.25) is 0 Å². The molecule has 0 radical (unpaired) electrons. The molecule has 1 amide bonds. The molecule has 3 heteroatoms. The van der Waals surface area contributed by atoms with Gasteiger partial charge < -0.3 is 10.1 Å². The summed E-state index contributed by atoms with van der Waals surface area (Å²) in [5.41, 5.74) is 2.87. The molecular formula is C22H33NO2. The molecule has 0 heterocycles. The molecule has 138 valence electrons. The average Bonchev–Trinajstić information content (AvgIpc) is 2.60. The number of hydrogen-bond donors (Lipinski definition) is 1. The zero-order valence-corrected chi connectivity index (χ0v) is 16.2. The first-order chi connectivity index (χ1) is 11.9. The molecule has 2 rings (SSSR count). The van der Waals surface area contributed by atoms with Gasteiger partial charge in [0.2, 0.25) is 0 Å². The molecule has 0 bridgehead atoms. The van der Waals surface area contributed by atoms with E-state index in [1.54, 1.807) is 0 Å². The van der Waals surface area contributed by atoms with Gasteiger partial charge in [-0.2, -0.15) is 0 Å². The highest BCUT2D eigenvalue weighted by Gasteiger charge is 2.19. The van der Waals surface area contributed by atoms with Gasteiger partial charge >= 0.3 is 0 Å². The molecule has 3 nitrogen and oxygen atoms in total. The minimum absolute atomic E-state index is 0.0150. The molecule has 1 aromatic rings. The first-order valence-corrected chi connectivity index (χ1v) is 9.63. The lowest BCUT2D eigenvalue weighted by Gasteiger charge is -2.21. The van der Waals surface area contributed by atoms with Crippen LogP contribution >= 0.6 is 0 Å². The van der Waals surface area contributed by atoms with Crippen molar-refractivity contribution in [2.75, 3.05) is 6.54 Å². The molecule has 0 fully saturated rings. The maximum atomic E-state index is 12.4. The third kappa shape index (κ3) is 6.22. The molecule has 1 atom stereocenters. The number of hydrogen-bond acceptors (Lipinski definition) is 2. The molecular weight excluding hydrogens is 310 g/mol. The fourth-order valence-corrected chi connectivity index (χ4v) is 3.11. The average molecular weight is 344 g/mol. The Labute approximate surface area is 152 Å². The highest BCUT2D eigenvalue weighted by Crippen LogP contribution is 2.25. The number of amides is 1. The van der Waals surface area contributed by atoms with E-state index in [0.717, 1.165) is 12.2 Å². The van der Waals surface area contributed by atoms with Crippen LogP contribution in [0.3, 0.4) is 0 Å². The molecule has 0 aromatic heterocycles. The van der Waals surface area contributed by atoms with Crippen molar-refractivity contribution in [1.29, 1.82) is 0 Å². The minimum Gasteiger partial charge on any atom is -0.481 e. The van der Waals surface area contributed by atoms with Crippen molar-refractivity contribution in [3.8, 4) is 5.75 Å². The highest BCUT2D eigenvalue weighted by atomic mass is 16.5. The van der Waals surface area contributed by atoms with Crippen molar-refractivity contribution in [2.24, 2.45) is 0 Å². The minimum atomic E-state index is -0.430. The number of benzene rings is 1. The summed E-state index contributed by atoms with van der Waals surface area (Å²) in [5, 5.41) is 3.03. The van der Waals surface area contributed by atoms with E-state index in [9.17, 15) is 4.79 Å². The van der Waals surface area contributed by atoms with Crippen molar-refractivity contribution in [1.82, 2.24) is 5.32 Å². The molecule has 0 saturated heterocycles. The van der Waals surface area contributed by atoms with Gasteiger partial charge in [0, 0.05) is 6.54 Å². The molecule has 1 N–H and O–H groups in total. The number of nitrogens with one attached hydrogen (secondary N) is 1. The van der Waals surface area contributed by atoms with Crippen LogP contribution in [0.15, 0.2) is 35.9 Å². The standard InChI is InChI=1S/C22H33NO2/c1-5-20(21(24)23-16-15-17-9-7-6-8-10-17)25-19-13-11-18(12-14-19)22(2,3)4/h9,11-14,20H,5-8,10,15-16H2,1-4H3,(H,23,24)/t20-/m1/s1. The predicted octanol–water partition coefficient (Wildman–Crippen LogP) is 5.15. The summed E-state index contributed by atoms with van der Waals surface area (Å²) >= 11 is 0. The van der Waals surface area contributed by atoms with E-state index < -0.39 is 6.10 Å². The Bertz CT molecular complexity index is 581. The van der Waals surface area contributed by atoms with Gasteiger partial charge in [-0.3, -0.25) is 4.79 Å². The van der Waals surface area contributed by atoms with Crippen LogP contribution in [0.25, 0.3) is 0 Å². The van der Waals surface area contributed by atoms with Gasteiger partial charge in [0.1, 0.15) is 5.75 Å². The highest BCUT2D eigenvalue weighted by molar-refractivity contribution is 5.81. The van der Waals surface area contributed by atoms with Crippen LogP contribution in [0.4, 0.5) is 0 Å². The van der Waals surface area contributed by atoms with Crippen molar-refractivity contribution in [3.05, 3.63) is 41.5 Å². The summed E-state index contributed by atoms with van der Waals surface area (Å²) < 4.78 is 5.91. The molecule has 0 saturated carbocycles. The maximum Gasteiger partial charge on any atom is 0.261 e. The number of ether oxygens (including phenoxy) is 1. The van der Waals surface area contributed by atoms with Gasteiger partial charge in [-0.15, -0.1) is 0 Å². The second-order valence-electron chi connectivity index (χ2n) is 7.94. The molecule has 0 aliphatic heterocycles. The van der Waals surface area contributed by atoms with E-state index in [2.05, 4.69) is 44.3 Å². The first kappa shape index (κ1) is 19.6. The Morgan fingerprint density at radius 3 is 2.48 bits per heavy atom. The van der Waals surface area contributed by atoms with E-state index in [4.69, 9.17) is 4.74 Å². The SMILES string of the molecule is CC[C@@H](Oc1ccc(C(C)(C)C)cc1)C(=O)NCCC1=CCCCC1. The number of carbonyl (C=O) groups excluding carboxylic acids is 1. The van der Waals surface area contributed by atoms with Gasteiger partial charge in [-0.1, -0.05) is 51.5 Å². The fourth-order valence-electron chi connectivity index (χ4n) is 3.11. The quantitative estimate of drug-likeness (QED) is 0.695. The normalized spacial score (nSPS) is 16.1. The van der Waals surface area contributed by atoms with Crippen molar-refractivity contribution >= 4 is 5.91 Å². The van der Waals surface area contributed by atoms with E-state index in [0.29, 0.717) is 13.0 Å². The largest absolute Gasteiger partial charge is 0.481 e. The summed E-state index contributed by atoms with van der Waals surface area (Å²) in [7, 11) is 0.